The van der Waals surface area contributed by atoms with Gasteiger partial charge >= 0.3 is 0 Å². The van der Waals surface area contributed by atoms with Crippen LogP contribution in [0.2, 0.25) is 0 Å². The average molecular weight is 125 g/mol. The van der Waals surface area contributed by atoms with Crippen LogP contribution < -0.4 is 0 Å². The largest absolute Gasteiger partial charge is 0.198 e. The predicted octanol–water partition coefficient (Wildman–Crippen LogP) is 1.26. The first kappa shape index (κ1) is 4.69. The first-order valence-electron chi connectivity index (χ1n) is 2.85. The van der Waals surface area contributed by atoms with Crippen LogP contribution >= 0.6 is 11.8 Å². The maximum absolute atomic E-state index is 8.45. The third-order valence-electron chi connectivity index (χ3n) is 2.12. The van der Waals surface area contributed by atoms with E-state index in [1.165, 1.54) is 17.9 Å². The van der Waals surface area contributed by atoms with E-state index in [4.69, 9.17) is 5.26 Å². The molecule has 1 atom stereocenters. The molecule has 1 saturated heterocycles. The normalized spacial score (nSPS) is 38.1. The van der Waals surface area contributed by atoms with Crippen molar-refractivity contribution in [3.63, 3.8) is 0 Å². The summed E-state index contributed by atoms with van der Waals surface area (Å²) in [5, 5.41) is 8.45. The molecule has 1 saturated carbocycles. The van der Waals surface area contributed by atoms with Gasteiger partial charge in [-0.2, -0.15) is 17.0 Å². The van der Waals surface area contributed by atoms with Gasteiger partial charge in [-0.1, -0.05) is 0 Å². The predicted molar refractivity (Wildman–Crippen MR) is 33.5 cm³/mol. The summed E-state index contributed by atoms with van der Waals surface area (Å²) in [4.78, 5) is 0. The van der Waals surface area contributed by atoms with Crippen molar-refractivity contribution in [3.05, 3.63) is 0 Å². The van der Waals surface area contributed by atoms with E-state index in [-0.39, 0.29) is 0 Å². The Hall–Kier alpha value is -0.160. The molecule has 1 heterocycles. The summed E-state index contributed by atoms with van der Waals surface area (Å²) in [6.07, 6.45) is 1.19. The van der Waals surface area contributed by atoms with Gasteiger partial charge in [0.25, 0.3) is 0 Å². The SMILES string of the molecule is N#CC1CC12CSC2. The quantitative estimate of drug-likeness (QED) is 0.486. The summed E-state index contributed by atoms with van der Waals surface area (Å²) in [7, 11) is 0. The van der Waals surface area contributed by atoms with Crippen LogP contribution in [0.25, 0.3) is 0 Å². The fraction of sp³-hybridized carbons (Fsp3) is 0.833. The van der Waals surface area contributed by atoms with E-state index in [1.54, 1.807) is 0 Å². The molecule has 2 heteroatoms. The Morgan fingerprint density at radius 2 is 2.38 bits per heavy atom. The van der Waals surface area contributed by atoms with Gasteiger partial charge in [-0.3, -0.25) is 0 Å². The van der Waals surface area contributed by atoms with Crippen molar-refractivity contribution in [3.8, 4) is 6.07 Å². The number of thioether (sulfide) groups is 1. The average Bonchev–Trinajstić information content (AvgIpc) is 2.36. The zero-order chi connectivity index (χ0) is 5.61. The van der Waals surface area contributed by atoms with Crippen molar-refractivity contribution >= 4 is 11.8 Å². The molecule has 0 bridgehead atoms. The first-order valence-corrected chi connectivity index (χ1v) is 4.00. The second kappa shape index (κ2) is 1.22. The van der Waals surface area contributed by atoms with E-state index >= 15 is 0 Å². The maximum Gasteiger partial charge on any atom is 0.0662 e. The summed E-state index contributed by atoms with van der Waals surface area (Å²) in [5.41, 5.74) is 0.541. The fourth-order valence-corrected chi connectivity index (χ4v) is 2.58. The Morgan fingerprint density at radius 1 is 1.62 bits per heavy atom. The molecule has 2 aliphatic rings. The molecule has 42 valence electrons. The Labute approximate surface area is 53.1 Å². The molecule has 1 nitrogen and oxygen atoms in total. The lowest BCUT2D eigenvalue weighted by Gasteiger charge is -2.23. The molecule has 0 amide bonds. The van der Waals surface area contributed by atoms with Crippen LogP contribution in [0, 0.1) is 22.7 Å². The summed E-state index contributed by atoms with van der Waals surface area (Å²) in [6, 6.07) is 2.32. The summed E-state index contributed by atoms with van der Waals surface area (Å²) < 4.78 is 0. The molecule has 0 aromatic heterocycles. The Balaban J connectivity index is 2.05. The zero-order valence-electron chi connectivity index (χ0n) is 4.55. The van der Waals surface area contributed by atoms with E-state index in [2.05, 4.69) is 6.07 Å². The number of hydrogen-bond acceptors (Lipinski definition) is 2. The minimum absolute atomic E-state index is 0.434. The Morgan fingerprint density at radius 3 is 2.50 bits per heavy atom. The van der Waals surface area contributed by atoms with E-state index in [9.17, 15) is 0 Å². The highest BCUT2D eigenvalue weighted by Crippen LogP contribution is 2.62. The molecular formula is C6H7NS. The lowest BCUT2D eigenvalue weighted by molar-refractivity contribution is 0.604. The highest BCUT2D eigenvalue weighted by Gasteiger charge is 2.58. The van der Waals surface area contributed by atoms with E-state index in [0.29, 0.717) is 11.3 Å². The van der Waals surface area contributed by atoms with Crippen LogP contribution in [0.1, 0.15) is 6.42 Å². The monoisotopic (exact) mass is 125 g/mol. The maximum atomic E-state index is 8.45. The van der Waals surface area contributed by atoms with E-state index in [1.807, 2.05) is 11.8 Å². The van der Waals surface area contributed by atoms with Gasteiger partial charge in [-0.05, 0) is 6.42 Å². The van der Waals surface area contributed by atoms with Gasteiger partial charge < -0.3 is 0 Å². The topological polar surface area (TPSA) is 23.8 Å². The summed E-state index contributed by atoms with van der Waals surface area (Å²) >= 11 is 1.97. The van der Waals surface area contributed by atoms with Crippen LogP contribution in [0.3, 0.4) is 0 Å². The molecule has 1 unspecified atom stereocenters. The fourth-order valence-electron chi connectivity index (χ4n) is 1.21. The summed E-state index contributed by atoms with van der Waals surface area (Å²) in [6.45, 7) is 0. The van der Waals surface area contributed by atoms with Crippen molar-refractivity contribution in [2.75, 3.05) is 11.5 Å². The van der Waals surface area contributed by atoms with Crippen LogP contribution in [0.4, 0.5) is 0 Å². The van der Waals surface area contributed by atoms with Gasteiger partial charge in [0.15, 0.2) is 0 Å². The summed E-state index contributed by atoms with van der Waals surface area (Å²) in [5.74, 6) is 2.94. The van der Waals surface area contributed by atoms with Crippen LogP contribution in [0.15, 0.2) is 0 Å². The number of rotatable bonds is 0. The molecule has 8 heavy (non-hydrogen) atoms. The van der Waals surface area contributed by atoms with Crippen molar-refractivity contribution in [2.45, 2.75) is 6.42 Å². The van der Waals surface area contributed by atoms with Crippen LogP contribution in [-0.4, -0.2) is 11.5 Å². The second-order valence-corrected chi connectivity index (χ2v) is 3.73. The second-order valence-electron chi connectivity index (χ2n) is 2.74. The van der Waals surface area contributed by atoms with Crippen molar-refractivity contribution < 1.29 is 0 Å². The molecule has 1 spiro atoms. The van der Waals surface area contributed by atoms with Gasteiger partial charge in [-0.25, -0.2) is 0 Å². The van der Waals surface area contributed by atoms with Gasteiger partial charge in [-0.15, -0.1) is 0 Å². The highest BCUT2D eigenvalue weighted by molar-refractivity contribution is 8.00. The molecule has 0 aromatic rings. The lowest BCUT2D eigenvalue weighted by atomic mass is 10.1. The van der Waals surface area contributed by atoms with Crippen molar-refractivity contribution in [2.24, 2.45) is 11.3 Å². The molecule has 1 aliphatic carbocycles. The molecule has 0 N–H and O–H groups in total. The molecule has 0 aromatic carbocycles. The number of nitrogens with zero attached hydrogens (tertiary/aromatic N) is 1. The van der Waals surface area contributed by atoms with Crippen LogP contribution in [-0.2, 0) is 0 Å². The third-order valence-corrected chi connectivity index (χ3v) is 3.68. The number of nitriles is 1. The van der Waals surface area contributed by atoms with Gasteiger partial charge in [0.2, 0.25) is 0 Å². The van der Waals surface area contributed by atoms with Crippen LogP contribution in [0.5, 0.6) is 0 Å². The molecule has 2 rings (SSSR count). The van der Waals surface area contributed by atoms with E-state index in [0.717, 1.165) is 0 Å². The van der Waals surface area contributed by atoms with E-state index < -0.39 is 0 Å². The molecular weight excluding hydrogens is 118 g/mol. The highest BCUT2D eigenvalue weighted by atomic mass is 32.2. The van der Waals surface area contributed by atoms with Gasteiger partial charge in [0, 0.05) is 16.9 Å². The van der Waals surface area contributed by atoms with Crippen molar-refractivity contribution in [1.29, 1.82) is 5.26 Å². The first-order chi connectivity index (χ1) is 3.87. The molecule has 0 radical (unpaired) electrons. The Bertz CT molecular complexity index is 154. The zero-order valence-corrected chi connectivity index (χ0v) is 5.37. The minimum atomic E-state index is 0.434. The Kier molecular flexibility index (Phi) is 0.715. The van der Waals surface area contributed by atoms with Gasteiger partial charge in [0.05, 0.1) is 12.0 Å². The standard InChI is InChI=1S/C6H7NS/c7-2-5-1-6(5)3-8-4-6/h5H,1,3-4H2. The minimum Gasteiger partial charge on any atom is -0.198 e. The third kappa shape index (κ3) is 0.385. The molecule has 2 fully saturated rings. The molecule has 1 aliphatic heterocycles. The number of hydrogen-bond donors (Lipinski definition) is 0. The van der Waals surface area contributed by atoms with Crippen molar-refractivity contribution in [1.82, 2.24) is 0 Å². The smallest absolute Gasteiger partial charge is 0.0662 e. The van der Waals surface area contributed by atoms with Gasteiger partial charge in [0.1, 0.15) is 0 Å². The lowest BCUT2D eigenvalue weighted by Crippen LogP contribution is -2.21.